The highest BCUT2D eigenvalue weighted by Crippen LogP contribution is 2.32. The first-order valence-electron chi connectivity index (χ1n) is 10.2. The first-order valence-corrected chi connectivity index (χ1v) is 11.0. The molecule has 5 rings (SSSR count). The van der Waals surface area contributed by atoms with Gasteiger partial charge in [-0.3, -0.25) is 4.79 Å². The second-order valence-electron chi connectivity index (χ2n) is 7.63. The van der Waals surface area contributed by atoms with Crippen LogP contribution in [0.3, 0.4) is 0 Å². The molecule has 0 radical (unpaired) electrons. The molecule has 1 amide bonds. The van der Waals surface area contributed by atoms with Crippen LogP contribution in [0.5, 0.6) is 0 Å². The van der Waals surface area contributed by atoms with Crippen LogP contribution < -0.4 is 5.32 Å². The fourth-order valence-corrected chi connectivity index (χ4v) is 5.15. The van der Waals surface area contributed by atoms with Gasteiger partial charge in [-0.25, -0.2) is 9.37 Å². The van der Waals surface area contributed by atoms with E-state index in [4.69, 9.17) is 0 Å². The Morgan fingerprint density at radius 1 is 1.19 bits per heavy atom. The van der Waals surface area contributed by atoms with E-state index in [-0.39, 0.29) is 23.8 Å². The van der Waals surface area contributed by atoms with E-state index >= 15 is 0 Å². The zero-order valence-corrected chi connectivity index (χ0v) is 17.7. The predicted molar refractivity (Wildman–Crippen MR) is 118 cm³/mol. The third-order valence-corrected chi connectivity index (χ3v) is 6.67. The highest BCUT2D eigenvalue weighted by molar-refractivity contribution is 7.22. The molecule has 1 N–H and O–H groups in total. The fraction of sp³-hybridized carbons (Fsp3) is 0.273. The van der Waals surface area contributed by atoms with Gasteiger partial charge < -0.3 is 10.2 Å². The Labute approximate surface area is 182 Å². The van der Waals surface area contributed by atoms with E-state index in [0.29, 0.717) is 11.3 Å². The van der Waals surface area contributed by atoms with E-state index < -0.39 is 0 Å². The summed E-state index contributed by atoms with van der Waals surface area (Å²) in [6.45, 7) is 0. The third kappa shape index (κ3) is 3.76. The Hall–Kier alpha value is -3.33. The van der Waals surface area contributed by atoms with Crippen molar-refractivity contribution in [3.8, 4) is 5.69 Å². The molecule has 0 bridgehead atoms. The minimum Gasteiger partial charge on any atom is -0.357 e. The maximum absolute atomic E-state index is 13.5. The normalized spacial score (nSPS) is 18.4. The first kappa shape index (κ1) is 19.6. The number of rotatable bonds is 5. The molecule has 9 heteroatoms. The summed E-state index contributed by atoms with van der Waals surface area (Å²) < 4.78 is 14.3. The number of halogens is 1. The van der Waals surface area contributed by atoms with E-state index in [9.17, 15) is 9.18 Å². The standard InChI is InChI=1S/C22H21FN6OS/c1-28(21(30)15-5-2-3-7-18(15)29-24-11-12-25-29)19-8-4-6-16(19)26-22-27-17-10-9-14(23)13-20(17)31-22/h2-3,5,7,9-13,16,19H,4,6,8H2,1H3,(H,26,27)/t16-,19+/m1/s1. The van der Waals surface area contributed by atoms with Crippen molar-refractivity contribution in [2.75, 3.05) is 12.4 Å². The number of hydrogen-bond donors (Lipinski definition) is 1. The van der Waals surface area contributed by atoms with Crippen LogP contribution in [0.1, 0.15) is 29.6 Å². The van der Waals surface area contributed by atoms with Crippen LogP contribution in [0.2, 0.25) is 0 Å². The number of nitrogens with zero attached hydrogens (tertiary/aromatic N) is 5. The number of para-hydroxylation sites is 1. The molecule has 2 aromatic heterocycles. The van der Waals surface area contributed by atoms with Gasteiger partial charge >= 0.3 is 0 Å². The number of benzene rings is 2. The van der Waals surface area contributed by atoms with Crippen LogP contribution >= 0.6 is 11.3 Å². The summed E-state index contributed by atoms with van der Waals surface area (Å²) in [5, 5.41) is 12.6. The van der Waals surface area contributed by atoms with Crippen LogP contribution in [0.25, 0.3) is 15.9 Å². The Balaban J connectivity index is 1.37. The van der Waals surface area contributed by atoms with Crippen LogP contribution in [-0.2, 0) is 0 Å². The number of carbonyl (C=O) groups excluding carboxylic acids is 1. The molecule has 2 atom stereocenters. The molecule has 2 heterocycles. The first-order chi connectivity index (χ1) is 15.1. The van der Waals surface area contributed by atoms with Gasteiger partial charge in [0.25, 0.3) is 5.91 Å². The molecule has 7 nitrogen and oxygen atoms in total. The van der Waals surface area contributed by atoms with E-state index in [0.717, 1.165) is 34.6 Å². The fourth-order valence-electron chi connectivity index (χ4n) is 4.20. The topological polar surface area (TPSA) is 75.9 Å². The van der Waals surface area contributed by atoms with Gasteiger partial charge in [0, 0.05) is 13.1 Å². The van der Waals surface area contributed by atoms with Gasteiger partial charge in [-0.2, -0.15) is 15.0 Å². The molecule has 1 saturated carbocycles. The van der Waals surface area contributed by atoms with E-state index in [1.165, 1.54) is 28.3 Å². The largest absolute Gasteiger partial charge is 0.357 e. The summed E-state index contributed by atoms with van der Waals surface area (Å²) in [6, 6.07) is 12.1. The van der Waals surface area contributed by atoms with E-state index in [2.05, 4.69) is 20.5 Å². The molecule has 1 aliphatic rings. The number of anilines is 1. The molecule has 4 aromatic rings. The molecule has 0 spiro atoms. The van der Waals surface area contributed by atoms with Crippen molar-refractivity contribution in [1.82, 2.24) is 24.9 Å². The lowest BCUT2D eigenvalue weighted by atomic mass is 10.1. The average Bonchev–Trinajstić information content (AvgIpc) is 3.53. The molecule has 31 heavy (non-hydrogen) atoms. The maximum atomic E-state index is 13.5. The lowest BCUT2D eigenvalue weighted by Gasteiger charge is -2.30. The van der Waals surface area contributed by atoms with Crippen molar-refractivity contribution in [2.45, 2.75) is 31.3 Å². The summed E-state index contributed by atoms with van der Waals surface area (Å²) in [6.07, 6.45) is 6.04. The molecule has 158 valence electrons. The summed E-state index contributed by atoms with van der Waals surface area (Å²) >= 11 is 1.43. The summed E-state index contributed by atoms with van der Waals surface area (Å²) in [7, 11) is 1.84. The quantitative estimate of drug-likeness (QED) is 0.509. The van der Waals surface area contributed by atoms with Gasteiger partial charge in [0.15, 0.2) is 5.13 Å². The molecule has 0 unspecified atom stereocenters. The Kier molecular flexibility index (Phi) is 5.11. The van der Waals surface area contributed by atoms with Crippen LogP contribution in [0, 0.1) is 5.82 Å². The molecule has 0 aliphatic heterocycles. The van der Waals surface area contributed by atoms with Gasteiger partial charge in [0.05, 0.1) is 39.9 Å². The van der Waals surface area contributed by atoms with E-state index in [1.54, 1.807) is 29.4 Å². The molecular weight excluding hydrogens is 415 g/mol. The van der Waals surface area contributed by atoms with Gasteiger partial charge in [0.2, 0.25) is 0 Å². The Morgan fingerprint density at radius 3 is 2.84 bits per heavy atom. The number of aromatic nitrogens is 4. The Morgan fingerprint density at radius 2 is 2.00 bits per heavy atom. The molecule has 1 fully saturated rings. The van der Waals surface area contributed by atoms with Crippen LogP contribution in [-0.4, -0.2) is 49.9 Å². The van der Waals surface area contributed by atoms with Gasteiger partial charge in [-0.05, 0) is 49.6 Å². The number of amides is 1. The van der Waals surface area contributed by atoms with Crippen LogP contribution in [0.15, 0.2) is 54.9 Å². The highest BCUT2D eigenvalue weighted by Gasteiger charge is 2.34. The Bertz CT molecular complexity index is 1220. The van der Waals surface area contributed by atoms with Crippen molar-refractivity contribution in [3.05, 3.63) is 66.2 Å². The lowest BCUT2D eigenvalue weighted by molar-refractivity contribution is 0.0727. The van der Waals surface area contributed by atoms with Crippen molar-refractivity contribution in [3.63, 3.8) is 0 Å². The minimum atomic E-state index is -0.267. The van der Waals surface area contributed by atoms with Crippen molar-refractivity contribution >= 4 is 32.6 Å². The monoisotopic (exact) mass is 436 g/mol. The summed E-state index contributed by atoms with van der Waals surface area (Å²) in [4.78, 5) is 21.2. The minimum absolute atomic E-state index is 0.0230. The van der Waals surface area contributed by atoms with Gasteiger partial charge in [-0.1, -0.05) is 23.5 Å². The molecular formula is C22H21FN6OS. The molecule has 1 aliphatic carbocycles. The zero-order valence-electron chi connectivity index (χ0n) is 16.9. The van der Waals surface area contributed by atoms with Gasteiger partial charge in [0.1, 0.15) is 5.82 Å². The number of likely N-dealkylation sites (N-methyl/N-ethyl adjacent to an activating group) is 1. The van der Waals surface area contributed by atoms with E-state index in [1.807, 2.05) is 25.2 Å². The number of hydrogen-bond acceptors (Lipinski definition) is 6. The number of fused-ring (bicyclic) bond motifs is 1. The van der Waals surface area contributed by atoms with Crippen molar-refractivity contribution in [1.29, 1.82) is 0 Å². The SMILES string of the molecule is CN(C(=O)c1ccccc1-n1nccn1)[C@H]1CCC[C@H]1Nc1nc2ccc(F)cc2s1. The van der Waals surface area contributed by atoms with Crippen molar-refractivity contribution < 1.29 is 9.18 Å². The second kappa shape index (κ2) is 8.07. The highest BCUT2D eigenvalue weighted by atomic mass is 32.1. The third-order valence-electron chi connectivity index (χ3n) is 5.73. The summed E-state index contributed by atoms with van der Waals surface area (Å²) in [5.41, 5.74) is 1.98. The molecule has 2 aromatic carbocycles. The second-order valence-corrected chi connectivity index (χ2v) is 8.66. The maximum Gasteiger partial charge on any atom is 0.256 e. The number of nitrogens with one attached hydrogen (secondary N) is 1. The number of thiazole rings is 1. The smallest absolute Gasteiger partial charge is 0.256 e. The average molecular weight is 437 g/mol. The predicted octanol–water partition coefficient (Wildman–Crippen LogP) is 4.12. The lowest BCUT2D eigenvalue weighted by Crippen LogP contribution is -2.44. The van der Waals surface area contributed by atoms with Crippen LogP contribution in [0.4, 0.5) is 9.52 Å². The zero-order chi connectivity index (χ0) is 21.4. The van der Waals surface area contributed by atoms with Gasteiger partial charge in [-0.15, -0.1) is 0 Å². The van der Waals surface area contributed by atoms with Crippen molar-refractivity contribution in [2.24, 2.45) is 0 Å². The summed E-state index contributed by atoms with van der Waals surface area (Å²) in [5.74, 6) is -0.338. The number of carbonyl (C=O) groups is 1. The molecule has 0 saturated heterocycles.